The van der Waals surface area contributed by atoms with Gasteiger partial charge in [-0.25, -0.2) is 13.8 Å². The number of nitrogens with one attached hydrogen (secondary N) is 1. The predicted octanol–water partition coefficient (Wildman–Crippen LogP) is 6.05. The summed E-state index contributed by atoms with van der Waals surface area (Å²) in [6.07, 6.45) is 14.9. The van der Waals surface area contributed by atoms with Crippen LogP contribution in [-0.2, 0) is 10.4 Å². The minimum Gasteiger partial charge on any atom is -0.379 e. The quantitative estimate of drug-likeness (QED) is 0.396. The van der Waals surface area contributed by atoms with Crippen LogP contribution in [0.15, 0.2) is 48.9 Å². The van der Waals surface area contributed by atoms with E-state index in [4.69, 9.17) is 0 Å². The van der Waals surface area contributed by atoms with Crippen molar-refractivity contribution in [1.82, 2.24) is 19.9 Å². The Morgan fingerprint density at radius 3 is 2.39 bits per heavy atom. The Morgan fingerprint density at radius 1 is 1.00 bits per heavy atom. The lowest BCUT2D eigenvalue weighted by molar-refractivity contribution is -0.127. The first-order chi connectivity index (χ1) is 18.4. The molecule has 1 aromatic carbocycles. The molecule has 2 fully saturated rings. The van der Waals surface area contributed by atoms with E-state index in [1.165, 1.54) is 25.6 Å². The van der Waals surface area contributed by atoms with Crippen LogP contribution in [0.3, 0.4) is 0 Å². The van der Waals surface area contributed by atoms with Crippen molar-refractivity contribution < 1.29 is 18.7 Å². The molecule has 0 radical (unpaired) electrons. The molecule has 0 aliphatic heterocycles. The number of amides is 1. The molecule has 0 bridgehead atoms. The molecule has 202 valence electrons. The molecule has 0 saturated heterocycles. The minimum absolute atomic E-state index is 0.0525. The fourth-order valence-electron chi connectivity index (χ4n) is 6.25. The maximum Gasteiger partial charge on any atom is 0.243 e. The van der Waals surface area contributed by atoms with Crippen LogP contribution >= 0.6 is 0 Å². The van der Waals surface area contributed by atoms with Crippen molar-refractivity contribution in [2.24, 2.45) is 5.92 Å². The lowest BCUT2D eigenvalue weighted by Crippen LogP contribution is -2.43. The third-order valence-electron chi connectivity index (χ3n) is 8.29. The summed E-state index contributed by atoms with van der Waals surface area (Å²) in [6.45, 7) is 1.51. The van der Waals surface area contributed by atoms with E-state index in [-0.39, 0.29) is 34.8 Å². The maximum absolute atomic E-state index is 15.7. The summed E-state index contributed by atoms with van der Waals surface area (Å²) in [5.41, 5.74) is -1.45. The Hall–Kier alpha value is -3.13. The SMILES string of the molecule is CC(O)(c1ccccn1)c1ccc(F)c(F)c1-c1nccn1C(C(=O)NC1CCCCC1)C1CCCCC1. The summed E-state index contributed by atoms with van der Waals surface area (Å²) in [7, 11) is 0. The zero-order valence-corrected chi connectivity index (χ0v) is 21.9. The molecule has 1 amide bonds. The molecule has 2 unspecified atom stereocenters. The number of hydrogen-bond donors (Lipinski definition) is 2. The van der Waals surface area contributed by atoms with Gasteiger partial charge in [0.05, 0.1) is 11.3 Å². The van der Waals surface area contributed by atoms with Crippen LogP contribution in [0.25, 0.3) is 11.4 Å². The van der Waals surface area contributed by atoms with E-state index >= 15 is 4.39 Å². The number of pyridine rings is 1. The van der Waals surface area contributed by atoms with E-state index in [0.29, 0.717) is 5.69 Å². The molecule has 2 aliphatic carbocycles. The number of hydrogen-bond acceptors (Lipinski definition) is 4. The Labute approximate surface area is 222 Å². The van der Waals surface area contributed by atoms with Crippen molar-refractivity contribution in [2.75, 3.05) is 0 Å². The maximum atomic E-state index is 15.7. The third kappa shape index (κ3) is 5.23. The first kappa shape index (κ1) is 26.5. The van der Waals surface area contributed by atoms with Crippen LogP contribution in [0.2, 0.25) is 0 Å². The van der Waals surface area contributed by atoms with Gasteiger partial charge in [0.2, 0.25) is 5.91 Å². The largest absolute Gasteiger partial charge is 0.379 e. The van der Waals surface area contributed by atoms with Gasteiger partial charge in [-0.3, -0.25) is 9.78 Å². The van der Waals surface area contributed by atoms with Crippen LogP contribution in [0.1, 0.15) is 88.4 Å². The van der Waals surface area contributed by atoms with Gasteiger partial charge < -0.3 is 15.0 Å². The number of nitrogens with zero attached hydrogens (tertiary/aromatic N) is 3. The van der Waals surface area contributed by atoms with E-state index in [2.05, 4.69) is 15.3 Å². The van der Waals surface area contributed by atoms with Gasteiger partial charge in [-0.15, -0.1) is 0 Å². The van der Waals surface area contributed by atoms with Gasteiger partial charge in [-0.2, -0.15) is 0 Å². The molecule has 8 heteroatoms. The second-order valence-electron chi connectivity index (χ2n) is 10.9. The molecule has 5 rings (SSSR count). The van der Waals surface area contributed by atoms with Crippen LogP contribution in [-0.4, -0.2) is 31.6 Å². The zero-order chi connectivity index (χ0) is 26.7. The summed E-state index contributed by atoms with van der Waals surface area (Å²) in [6, 6.07) is 6.99. The molecule has 0 spiro atoms. The smallest absolute Gasteiger partial charge is 0.243 e. The van der Waals surface area contributed by atoms with Crippen molar-refractivity contribution in [1.29, 1.82) is 0 Å². The van der Waals surface area contributed by atoms with Crippen LogP contribution in [0.4, 0.5) is 8.78 Å². The average Bonchev–Trinajstić information content (AvgIpc) is 3.40. The highest BCUT2D eigenvalue weighted by Crippen LogP contribution is 2.41. The molecular weight excluding hydrogens is 486 g/mol. The van der Waals surface area contributed by atoms with Gasteiger partial charge in [-0.05, 0) is 56.7 Å². The Bertz CT molecular complexity index is 1250. The predicted molar refractivity (Wildman–Crippen MR) is 141 cm³/mol. The fourth-order valence-corrected chi connectivity index (χ4v) is 6.25. The van der Waals surface area contributed by atoms with Gasteiger partial charge in [0.1, 0.15) is 17.5 Å². The van der Waals surface area contributed by atoms with Crippen LogP contribution in [0, 0.1) is 17.6 Å². The number of benzene rings is 1. The molecule has 2 saturated carbocycles. The molecule has 2 heterocycles. The molecular formula is C30H36F2N4O2. The molecule has 2 aromatic heterocycles. The Morgan fingerprint density at radius 2 is 1.71 bits per heavy atom. The van der Waals surface area contributed by atoms with E-state index in [9.17, 15) is 14.3 Å². The van der Waals surface area contributed by atoms with Gasteiger partial charge in [0.15, 0.2) is 11.6 Å². The number of imidazole rings is 1. The molecule has 38 heavy (non-hydrogen) atoms. The minimum atomic E-state index is -1.73. The summed E-state index contributed by atoms with van der Waals surface area (Å²) in [5, 5.41) is 14.9. The number of aromatic nitrogens is 3. The lowest BCUT2D eigenvalue weighted by atomic mass is 9.82. The van der Waals surface area contributed by atoms with Crippen molar-refractivity contribution in [3.05, 3.63) is 71.8 Å². The molecule has 2 atom stereocenters. The molecule has 2 aliphatic rings. The Balaban J connectivity index is 1.60. The molecule has 2 N–H and O–H groups in total. The third-order valence-corrected chi connectivity index (χ3v) is 8.29. The van der Waals surface area contributed by atoms with Crippen LogP contribution < -0.4 is 5.32 Å². The summed E-state index contributed by atoms with van der Waals surface area (Å²) in [4.78, 5) is 22.6. The second-order valence-corrected chi connectivity index (χ2v) is 10.9. The normalized spacial score (nSPS) is 19.6. The first-order valence-corrected chi connectivity index (χ1v) is 13.8. The van der Waals surface area contributed by atoms with E-state index in [1.54, 1.807) is 35.2 Å². The fraction of sp³-hybridized carbons (Fsp3) is 0.500. The average molecular weight is 523 g/mol. The monoisotopic (exact) mass is 522 g/mol. The molecule has 6 nitrogen and oxygen atoms in total. The van der Waals surface area contributed by atoms with Crippen molar-refractivity contribution in [2.45, 2.75) is 88.8 Å². The first-order valence-electron chi connectivity index (χ1n) is 13.8. The van der Waals surface area contributed by atoms with E-state index in [0.717, 1.165) is 63.9 Å². The zero-order valence-electron chi connectivity index (χ0n) is 21.9. The summed E-state index contributed by atoms with van der Waals surface area (Å²) >= 11 is 0. The highest BCUT2D eigenvalue weighted by atomic mass is 19.2. The highest BCUT2D eigenvalue weighted by molar-refractivity contribution is 5.82. The van der Waals surface area contributed by atoms with E-state index < -0.39 is 23.3 Å². The summed E-state index contributed by atoms with van der Waals surface area (Å²) in [5.74, 6) is -2.07. The Kier molecular flexibility index (Phi) is 7.88. The van der Waals surface area contributed by atoms with Gasteiger partial charge in [0.25, 0.3) is 0 Å². The number of carbonyl (C=O) groups is 1. The highest BCUT2D eigenvalue weighted by Gasteiger charge is 2.38. The number of aliphatic hydroxyl groups is 1. The summed E-state index contributed by atoms with van der Waals surface area (Å²) < 4.78 is 32.1. The van der Waals surface area contributed by atoms with Crippen molar-refractivity contribution in [3.63, 3.8) is 0 Å². The topological polar surface area (TPSA) is 80.0 Å². The number of carbonyl (C=O) groups excluding carboxylic acids is 1. The number of rotatable bonds is 7. The lowest BCUT2D eigenvalue weighted by Gasteiger charge is -2.34. The van der Waals surface area contributed by atoms with Crippen molar-refractivity contribution in [3.8, 4) is 11.4 Å². The second kappa shape index (κ2) is 11.3. The van der Waals surface area contributed by atoms with Gasteiger partial charge in [0, 0.05) is 30.2 Å². The van der Waals surface area contributed by atoms with Gasteiger partial charge >= 0.3 is 0 Å². The number of halogens is 2. The standard InChI is InChI=1S/C30H36F2N4O2/c1-30(38,24-14-8-9-17-33-24)22-15-16-23(31)26(32)25(22)28-34-18-19-36(28)27(20-10-4-2-5-11-20)29(37)35-21-12-6-3-7-13-21/h8-9,14-21,27,38H,2-7,10-13H2,1H3,(H,35,37). The molecule has 3 aromatic rings. The van der Waals surface area contributed by atoms with Gasteiger partial charge in [-0.1, -0.05) is 50.7 Å². The van der Waals surface area contributed by atoms with Crippen molar-refractivity contribution >= 4 is 5.91 Å². The van der Waals surface area contributed by atoms with E-state index in [1.807, 2.05) is 0 Å². The van der Waals surface area contributed by atoms with Crippen LogP contribution in [0.5, 0.6) is 0 Å².